The van der Waals surface area contributed by atoms with Gasteiger partial charge in [0.25, 0.3) is 0 Å². The lowest BCUT2D eigenvalue weighted by Gasteiger charge is -2.05. The lowest BCUT2D eigenvalue weighted by molar-refractivity contribution is -0.114. The topological polar surface area (TPSA) is 105 Å². The Morgan fingerprint density at radius 1 is 0.889 bits per heavy atom. The smallest absolute Gasteiger partial charge is 0.144 e. The third kappa shape index (κ3) is 58600. The molecular weight excluding hydrogens is 384 g/mol. The van der Waals surface area contributed by atoms with E-state index in [1.54, 1.807) is 25.9 Å². The number of nitrogens with zero attached hydrogens (tertiary/aromatic N) is 3. The highest BCUT2D eigenvalue weighted by Crippen LogP contribution is 2.08. The Labute approximate surface area is 175 Å². The predicted molar refractivity (Wildman–Crippen MR) is 128 cm³/mol. The molecule has 0 spiro atoms. The van der Waals surface area contributed by atoms with Crippen LogP contribution >= 0.6 is 11.8 Å². The maximum absolute atomic E-state index is 9.63. The molecule has 0 heterocycles. The maximum Gasteiger partial charge on any atom is 0.144 e. The third-order valence-electron chi connectivity index (χ3n) is 0.200. The SMILES string of the molecule is CC(C)(C)C.CC(C)=O.CN.CN(C)C.CN=NC.CS(C)(=O)=O.CSC. The van der Waals surface area contributed by atoms with Gasteiger partial charge < -0.3 is 15.4 Å². The number of nitrogens with two attached hydrogens (primary N) is 1. The Bertz CT molecular complexity index is 341. The summed E-state index contributed by atoms with van der Waals surface area (Å²) in [5.74, 6) is 0.167. The van der Waals surface area contributed by atoms with Gasteiger partial charge in [0, 0.05) is 26.6 Å². The van der Waals surface area contributed by atoms with Crippen molar-refractivity contribution in [1.29, 1.82) is 0 Å². The van der Waals surface area contributed by atoms with Crippen LogP contribution in [-0.4, -0.2) is 86.4 Å². The summed E-state index contributed by atoms with van der Waals surface area (Å²) in [5, 5.41) is 6.72. The molecule has 0 aromatic heterocycles. The summed E-state index contributed by atoms with van der Waals surface area (Å²) in [6, 6.07) is 0. The predicted octanol–water partition coefficient (Wildman–Crippen LogP) is 3.74. The van der Waals surface area contributed by atoms with E-state index in [4.69, 9.17) is 0 Å². The van der Waals surface area contributed by atoms with Crippen LogP contribution in [0.3, 0.4) is 0 Å². The highest BCUT2D eigenvalue weighted by molar-refractivity contribution is 7.97. The van der Waals surface area contributed by atoms with Crippen molar-refractivity contribution >= 4 is 27.4 Å². The van der Waals surface area contributed by atoms with Crippen LogP contribution in [-0.2, 0) is 14.6 Å². The van der Waals surface area contributed by atoms with Crippen molar-refractivity contribution in [2.45, 2.75) is 41.5 Å². The molecule has 0 bridgehead atoms. The zero-order valence-electron chi connectivity index (χ0n) is 21.0. The van der Waals surface area contributed by atoms with E-state index < -0.39 is 9.84 Å². The fraction of sp³-hybridized carbons (Fsp3) is 0.944. The van der Waals surface area contributed by atoms with Gasteiger partial charge in [-0.15, -0.1) is 0 Å². The van der Waals surface area contributed by atoms with E-state index in [9.17, 15) is 13.2 Å². The van der Waals surface area contributed by atoms with E-state index >= 15 is 0 Å². The molecular formula is C18H50N4O3S2. The number of ketones is 1. The largest absolute Gasteiger partial charge is 0.333 e. The van der Waals surface area contributed by atoms with E-state index in [1.807, 2.05) is 38.6 Å². The van der Waals surface area contributed by atoms with Crippen LogP contribution in [0.2, 0.25) is 0 Å². The first-order valence-corrected chi connectivity index (χ1v) is 12.1. The summed E-state index contributed by atoms with van der Waals surface area (Å²) in [4.78, 5) is 11.4. The molecule has 0 saturated heterocycles. The van der Waals surface area contributed by atoms with Crippen LogP contribution in [0.15, 0.2) is 10.2 Å². The van der Waals surface area contributed by atoms with Gasteiger partial charge in [-0.25, -0.2) is 8.42 Å². The van der Waals surface area contributed by atoms with Crippen LogP contribution in [0, 0.1) is 5.41 Å². The minimum Gasteiger partial charge on any atom is -0.333 e. The number of rotatable bonds is 0. The lowest BCUT2D eigenvalue weighted by atomic mass is 10.0. The first kappa shape index (κ1) is 45.3. The molecule has 0 aliphatic heterocycles. The van der Waals surface area contributed by atoms with Crippen LogP contribution in [0.4, 0.5) is 0 Å². The monoisotopic (exact) mass is 434 g/mol. The minimum atomic E-state index is -2.67. The highest BCUT2D eigenvalue weighted by atomic mass is 32.2. The molecule has 0 saturated carbocycles. The van der Waals surface area contributed by atoms with Gasteiger partial charge in [0.05, 0.1) is 0 Å². The van der Waals surface area contributed by atoms with Gasteiger partial charge in [-0.3, -0.25) is 0 Å². The maximum atomic E-state index is 9.63. The van der Waals surface area contributed by atoms with Crippen molar-refractivity contribution in [3.8, 4) is 0 Å². The summed E-state index contributed by atoms with van der Waals surface area (Å²) in [7, 11) is 8.11. The van der Waals surface area contributed by atoms with Gasteiger partial charge in [-0.1, -0.05) is 27.7 Å². The van der Waals surface area contributed by atoms with Crippen LogP contribution in [0.5, 0.6) is 0 Å². The molecule has 2 N–H and O–H groups in total. The van der Waals surface area contributed by atoms with Crippen molar-refractivity contribution in [1.82, 2.24) is 4.90 Å². The average molecular weight is 435 g/mol. The van der Waals surface area contributed by atoms with Crippen molar-refractivity contribution in [3.05, 3.63) is 0 Å². The van der Waals surface area contributed by atoms with Gasteiger partial charge in [-0.05, 0) is 60.0 Å². The lowest BCUT2D eigenvalue weighted by Crippen LogP contribution is -1.99. The Hall–Kier alpha value is -0.510. The molecule has 172 valence electrons. The van der Waals surface area contributed by atoms with Gasteiger partial charge >= 0.3 is 0 Å². The summed E-state index contributed by atoms with van der Waals surface area (Å²) >= 11 is 1.75. The second-order valence-electron chi connectivity index (χ2n) is 7.20. The normalized spacial score (nSPS) is 8.96. The second kappa shape index (κ2) is 36.4. The minimum absolute atomic E-state index is 0.167. The molecule has 0 radical (unpaired) electrons. The molecule has 0 aliphatic carbocycles. The van der Waals surface area contributed by atoms with E-state index in [1.165, 1.54) is 20.9 Å². The van der Waals surface area contributed by atoms with Crippen LogP contribution in [0.25, 0.3) is 0 Å². The molecule has 7 nitrogen and oxygen atoms in total. The summed E-state index contributed by atoms with van der Waals surface area (Å²) in [6.45, 7) is 11.8. The number of thioether (sulfide) groups is 1. The summed E-state index contributed by atoms with van der Waals surface area (Å²) in [5.41, 5.74) is 5.00. The molecule has 0 fully saturated rings. The van der Waals surface area contributed by atoms with Crippen molar-refractivity contribution in [2.75, 3.05) is 67.3 Å². The fourth-order valence-electron chi connectivity index (χ4n) is 0. The summed E-state index contributed by atoms with van der Waals surface area (Å²) < 4.78 is 19.3. The molecule has 0 aromatic carbocycles. The van der Waals surface area contributed by atoms with E-state index in [0.717, 1.165) is 12.5 Å². The first-order chi connectivity index (χ1) is 11.8. The number of hydrogen-bond acceptors (Lipinski definition) is 8. The molecule has 9 heteroatoms. The van der Waals surface area contributed by atoms with Gasteiger partial charge in [-0.2, -0.15) is 22.0 Å². The Balaban J connectivity index is -0.0000000351. The first-order valence-electron chi connectivity index (χ1n) is 8.18. The number of hydrogen-bond donors (Lipinski definition) is 1. The molecule has 0 atom stereocenters. The Kier molecular flexibility index (Phi) is 61.1. The van der Waals surface area contributed by atoms with Crippen LogP contribution < -0.4 is 5.73 Å². The van der Waals surface area contributed by atoms with E-state index in [-0.39, 0.29) is 5.78 Å². The molecule has 27 heavy (non-hydrogen) atoms. The third-order valence-corrected chi connectivity index (χ3v) is 0.200. The van der Waals surface area contributed by atoms with E-state index in [0.29, 0.717) is 5.41 Å². The number of Topliss-reactive ketones (excluding diaryl/α,β-unsaturated/α-hetero) is 1. The van der Waals surface area contributed by atoms with Crippen molar-refractivity contribution in [3.63, 3.8) is 0 Å². The van der Waals surface area contributed by atoms with Crippen molar-refractivity contribution in [2.24, 2.45) is 21.4 Å². The van der Waals surface area contributed by atoms with Gasteiger partial charge in [0.2, 0.25) is 0 Å². The van der Waals surface area contributed by atoms with E-state index in [2.05, 4.69) is 43.7 Å². The van der Waals surface area contributed by atoms with Crippen LogP contribution in [0.1, 0.15) is 41.5 Å². The van der Waals surface area contributed by atoms with Gasteiger partial charge in [0.1, 0.15) is 15.6 Å². The molecule has 0 amide bonds. The zero-order chi connectivity index (χ0) is 24.3. The molecule has 0 aromatic rings. The quantitative estimate of drug-likeness (QED) is 0.582. The number of azo groups is 1. The van der Waals surface area contributed by atoms with Gasteiger partial charge in [0.15, 0.2) is 0 Å². The standard InChI is InChI=1S/C5H12.C3H9N.C3H6O.C2H6N2.C2H6O2S.C2H6S.CH5N/c1-5(2,3)4;1-4(2)3;1-3(2)4;1-3-4-2;1-5(2,3)4;1-3-2;1-2/h1-4H3;1-3H3;2*1-2H3;1-2H3;1-2H3;2H2,1H3. The Morgan fingerprint density at radius 3 is 0.926 bits per heavy atom. The average Bonchev–Trinajstić information content (AvgIpc) is 2.36. The highest BCUT2D eigenvalue weighted by Gasteiger charge is 1.95. The fourth-order valence-corrected chi connectivity index (χ4v) is 0. The second-order valence-corrected chi connectivity index (χ2v) is 10.3. The molecule has 0 aliphatic rings. The Morgan fingerprint density at radius 2 is 0.926 bits per heavy atom. The van der Waals surface area contributed by atoms with Crippen molar-refractivity contribution < 1.29 is 13.2 Å². The number of carbonyl (C=O) groups excluding carboxylic acids is 1. The zero-order valence-corrected chi connectivity index (χ0v) is 22.6. The number of carbonyl (C=O) groups is 1. The molecule has 0 rings (SSSR count). The summed E-state index contributed by atoms with van der Waals surface area (Å²) in [6.07, 6.45) is 6.40. The number of sulfone groups is 1. The molecule has 0 unspecified atom stereocenters.